The quantitative estimate of drug-likeness (QED) is 0.554. The van der Waals surface area contributed by atoms with E-state index >= 15 is 0 Å². The molecular weight excluding hydrogens is 428 g/mol. The number of nitrogens with zero attached hydrogens (tertiary/aromatic N) is 2. The van der Waals surface area contributed by atoms with E-state index in [-0.39, 0.29) is 12.3 Å². The van der Waals surface area contributed by atoms with Crippen molar-refractivity contribution in [2.24, 2.45) is 0 Å². The highest BCUT2D eigenvalue weighted by Gasteiger charge is 2.33. The number of carbonyl (C=O) groups is 3. The van der Waals surface area contributed by atoms with Gasteiger partial charge in [0.15, 0.2) is 11.5 Å². The Morgan fingerprint density at radius 1 is 1.06 bits per heavy atom. The van der Waals surface area contributed by atoms with Crippen molar-refractivity contribution in [1.82, 2.24) is 9.78 Å². The van der Waals surface area contributed by atoms with Gasteiger partial charge in [-0.3, -0.25) is 9.59 Å². The van der Waals surface area contributed by atoms with Crippen LogP contribution in [0.3, 0.4) is 0 Å². The van der Waals surface area contributed by atoms with Gasteiger partial charge in [-0.05, 0) is 42.0 Å². The Balaban J connectivity index is 1.61. The van der Waals surface area contributed by atoms with Crippen LogP contribution in [0.5, 0.6) is 11.5 Å². The van der Waals surface area contributed by atoms with E-state index < -0.39 is 17.9 Å². The number of aromatic nitrogens is 2. The Morgan fingerprint density at radius 2 is 1.79 bits per heavy atom. The van der Waals surface area contributed by atoms with Gasteiger partial charge < -0.3 is 24.8 Å². The number of esters is 1. The molecule has 0 aliphatic carbocycles. The third-order valence-electron chi connectivity index (χ3n) is 5.30. The molecule has 1 aliphatic heterocycles. The molecule has 0 spiro atoms. The van der Waals surface area contributed by atoms with Crippen molar-refractivity contribution in [2.75, 3.05) is 32.0 Å². The molecule has 0 saturated heterocycles. The Kier molecular flexibility index (Phi) is 5.99. The molecule has 1 atom stereocenters. The molecule has 0 saturated carbocycles. The standard InChI is InChI=1S/C23H22N4O6/c1-31-18-9-6-14(10-19(18)32-2)16-12-24-27-17(11-20(28)26-21(16)27)22(29)25-15-7-4-13(5-8-15)23(30)33-3/h4-10,12,17H,11H2,1-3H3,(H,25,29)(H,26,28). The zero-order chi connectivity index (χ0) is 23.5. The predicted molar refractivity (Wildman–Crippen MR) is 119 cm³/mol. The minimum atomic E-state index is -0.845. The molecule has 1 aromatic heterocycles. The van der Waals surface area contributed by atoms with Crippen LogP contribution in [-0.4, -0.2) is 48.9 Å². The lowest BCUT2D eigenvalue weighted by molar-refractivity contribution is -0.125. The van der Waals surface area contributed by atoms with E-state index in [1.807, 2.05) is 6.07 Å². The highest BCUT2D eigenvalue weighted by atomic mass is 16.5. The summed E-state index contributed by atoms with van der Waals surface area (Å²) in [5, 5.41) is 9.94. The second kappa shape index (κ2) is 9.03. The summed E-state index contributed by atoms with van der Waals surface area (Å²) in [6.07, 6.45) is 1.53. The van der Waals surface area contributed by atoms with Gasteiger partial charge >= 0.3 is 5.97 Å². The fourth-order valence-corrected chi connectivity index (χ4v) is 3.62. The lowest BCUT2D eigenvalue weighted by Gasteiger charge is -2.24. The summed E-state index contributed by atoms with van der Waals surface area (Å²) in [5.41, 5.74) is 2.23. The maximum atomic E-state index is 13.0. The van der Waals surface area contributed by atoms with Gasteiger partial charge in [-0.15, -0.1) is 0 Å². The predicted octanol–water partition coefficient (Wildman–Crippen LogP) is 2.88. The first-order valence-electron chi connectivity index (χ1n) is 10.0. The van der Waals surface area contributed by atoms with Crippen molar-refractivity contribution in [3.8, 4) is 22.6 Å². The Bertz CT molecular complexity index is 1220. The summed E-state index contributed by atoms with van der Waals surface area (Å²) in [6.45, 7) is 0. The molecule has 2 heterocycles. The lowest BCUT2D eigenvalue weighted by atomic mass is 10.1. The van der Waals surface area contributed by atoms with Gasteiger partial charge in [0.2, 0.25) is 11.8 Å². The van der Waals surface area contributed by atoms with Crippen molar-refractivity contribution in [2.45, 2.75) is 12.5 Å². The Hall–Kier alpha value is -4.34. The number of amides is 2. The van der Waals surface area contributed by atoms with Gasteiger partial charge in [0, 0.05) is 11.3 Å². The van der Waals surface area contributed by atoms with E-state index in [0.29, 0.717) is 34.1 Å². The first-order valence-corrected chi connectivity index (χ1v) is 10.0. The van der Waals surface area contributed by atoms with Crippen molar-refractivity contribution in [3.05, 3.63) is 54.2 Å². The van der Waals surface area contributed by atoms with Crippen LogP contribution in [0.1, 0.15) is 22.8 Å². The van der Waals surface area contributed by atoms with Crippen LogP contribution < -0.4 is 20.1 Å². The molecule has 0 radical (unpaired) electrons. The number of carbonyl (C=O) groups excluding carboxylic acids is 3. The van der Waals surface area contributed by atoms with Crippen LogP contribution in [0, 0.1) is 0 Å². The van der Waals surface area contributed by atoms with Gasteiger partial charge in [0.25, 0.3) is 0 Å². The zero-order valence-corrected chi connectivity index (χ0v) is 18.2. The maximum Gasteiger partial charge on any atom is 0.337 e. The average molecular weight is 450 g/mol. The van der Waals surface area contributed by atoms with Gasteiger partial charge in [-0.2, -0.15) is 5.10 Å². The molecule has 0 bridgehead atoms. The Morgan fingerprint density at radius 3 is 2.45 bits per heavy atom. The molecule has 2 N–H and O–H groups in total. The van der Waals surface area contributed by atoms with Crippen LogP contribution in [0.15, 0.2) is 48.7 Å². The molecule has 33 heavy (non-hydrogen) atoms. The molecule has 4 rings (SSSR count). The lowest BCUT2D eigenvalue weighted by Crippen LogP contribution is -2.35. The number of hydrogen-bond donors (Lipinski definition) is 2. The first kappa shape index (κ1) is 21.9. The molecule has 1 aliphatic rings. The van der Waals surface area contributed by atoms with Gasteiger partial charge in [-0.25, -0.2) is 9.48 Å². The van der Waals surface area contributed by atoms with Crippen molar-refractivity contribution in [1.29, 1.82) is 0 Å². The molecule has 10 nitrogen and oxygen atoms in total. The summed E-state index contributed by atoms with van der Waals surface area (Å²) in [6, 6.07) is 10.8. The van der Waals surface area contributed by atoms with E-state index in [1.165, 1.54) is 18.9 Å². The van der Waals surface area contributed by atoms with Crippen molar-refractivity contribution >= 4 is 29.3 Å². The van der Waals surface area contributed by atoms with E-state index in [4.69, 9.17) is 9.47 Å². The van der Waals surface area contributed by atoms with E-state index in [1.54, 1.807) is 49.7 Å². The summed E-state index contributed by atoms with van der Waals surface area (Å²) < 4.78 is 16.8. The van der Waals surface area contributed by atoms with Crippen LogP contribution in [-0.2, 0) is 14.3 Å². The fourth-order valence-electron chi connectivity index (χ4n) is 3.62. The number of methoxy groups -OCH3 is 3. The topological polar surface area (TPSA) is 121 Å². The van der Waals surface area contributed by atoms with Crippen molar-refractivity contribution < 1.29 is 28.6 Å². The number of rotatable bonds is 6. The number of nitrogens with one attached hydrogen (secondary N) is 2. The molecule has 1 unspecified atom stereocenters. The summed E-state index contributed by atoms with van der Waals surface area (Å²) >= 11 is 0. The van der Waals surface area contributed by atoms with Crippen molar-refractivity contribution in [3.63, 3.8) is 0 Å². The van der Waals surface area contributed by atoms with Crippen LogP contribution in [0.4, 0.5) is 11.5 Å². The van der Waals surface area contributed by atoms with Crippen LogP contribution in [0.2, 0.25) is 0 Å². The summed E-state index contributed by atoms with van der Waals surface area (Å²) in [7, 11) is 4.38. The van der Waals surface area contributed by atoms with E-state index in [0.717, 1.165) is 5.56 Å². The largest absolute Gasteiger partial charge is 0.493 e. The normalized spacial score (nSPS) is 14.6. The average Bonchev–Trinajstić information content (AvgIpc) is 3.26. The number of fused-ring (bicyclic) bond motifs is 1. The molecule has 2 aromatic carbocycles. The summed E-state index contributed by atoms with van der Waals surface area (Å²) in [4.78, 5) is 37.0. The highest BCUT2D eigenvalue weighted by molar-refractivity contribution is 6.03. The zero-order valence-electron chi connectivity index (χ0n) is 18.2. The third kappa shape index (κ3) is 4.22. The Labute approximate surface area is 189 Å². The minimum Gasteiger partial charge on any atom is -0.493 e. The number of anilines is 2. The maximum absolute atomic E-state index is 13.0. The third-order valence-corrected chi connectivity index (χ3v) is 5.30. The monoisotopic (exact) mass is 450 g/mol. The minimum absolute atomic E-state index is 0.0634. The highest BCUT2D eigenvalue weighted by Crippen LogP contribution is 2.38. The molecule has 10 heteroatoms. The first-order chi connectivity index (χ1) is 15.9. The SMILES string of the molecule is COC(=O)c1ccc(NC(=O)C2CC(=O)Nc3c(-c4ccc(OC)c(OC)c4)cnn32)cc1. The van der Waals surface area contributed by atoms with Gasteiger partial charge in [0.1, 0.15) is 11.9 Å². The van der Waals surface area contributed by atoms with Gasteiger partial charge in [-0.1, -0.05) is 6.07 Å². The number of ether oxygens (including phenoxy) is 3. The van der Waals surface area contributed by atoms with E-state index in [9.17, 15) is 14.4 Å². The molecule has 3 aromatic rings. The van der Waals surface area contributed by atoms with Crippen LogP contribution in [0.25, 0.3) is 11.1 Å². The van der Waals surface area contributed by atoms with Gasteiger partial charge in [0.05, 0.1) is 39.5 Å². The molecule has 0 fully saturated rings. The number of benzene rings is 2. The summed E-state index contributed by atoms with van der Waals surface area (Å²) in [5.74, 6) is 0.341. The number of hydrogen-bond acceptors (Lipinski definition) is 7. The second-order valence-electron chi connectivity index (χ2n) is 7.25. The van der Waals surface area contributed by atoms with Crippen LogP contribution >= 0.6 is 0 Å². The fraction of sp³-hybridized carbons (Fsp3) is 0.217. The second-order valence-corrected chi connectivity index (χ2v) is 7.25. The molecule has 170 valence electrons. The van der Waals surface area contributed by atoms with E-state index in [2.05, 4.69) is 20.5 Å². The molecular formula is C23H22N4O6. The smallest absolute Gasteiger partial charge is 0.337 e. The molecule has 2 amide bonds.